The van der Waals surface area contributed by atoms with Crippen molar-refractivity contribution in [3.05, 3.63) is 24.4 Å². The third-order valence-electron chi connectivity index (χ3n) is 1.84. The number of hydrogen-bond acceptors (Lipinski definition) is 3. The molecule has 0 aliphatic rings. The van der Waals surface area contributed by atoms with Crippen LogP contribution in [0, 0.1) is 0 Å². The molecule has 0 saturated heterocycles. The van der Waals surface area contributed by atoms with Crippen LogP contribution in [0.2, 0.25) is 0 Å². The highest BCUT2D eigenvalue weighted by molar-refractivity contribution is 8.77. The molecule has 0 bridgehead atoms. The minimum absolute atomic E-state index is 0.336. The monoisotopic (exact) mass is 213 g/mol. The normalized spacial score (nSPS) is 11.6. The second kappa shape index (κ2) is 4.91. The Kier molecular flexibility index (Phi) is 4.13. The molecule has 13 heavy (non-hydrogen) atoms. The van der Waals surface area contributed by atoms with Crippen LogP contribution >= 0.6 is 21.6 Å². The molecule has 0 aliphatic carbocycles. The van der Waals surface area contributed by atoms with Gasteiger partial charge < -0.3 is 0 Å². The summed E-state index contributed by atoms with van der Waals surface area (Å²) in [5, 5.41) is 1.09. The maximum absolute atomic E-state index is 4.26. The van der Waals surface area contributed by atoms with Crippen LogP contribution in [0.1, 0.15) is 27.2 Å². The van der Waals surface area contributed by atoms with Gasteiger partial charge in [0.05, 0.1) is 0 Å². The van der Waals surface area contributed by atoms with E-state index in [-0.39, 0.29) is 0 Å². The van der Waals surface area contributed by atoms with E-state index in [0.29, 0.717) is 4.75 Å². The van der Waals surface area contributed by atoms with E-state index < -0.39 is 0 Å². The Labute approximate surface area is 88.1 Å². The Morgan fingerprint density at radius 1 is 1.38 bits per heavy atom. The van der Waals surface area contributed by atoms with Gasteiger partial charge in [-0.2, -0.15) is 0 Å². The minimum atomic E-state index is 0.336. The SMILES string of the molecule is CCC(C)(C)SSc1ccccn1. The molecular formula is C10H15NS2. The molecule has 1 heterocycles. The minimum Gasteiger partial charge on any atom is -0.249 e. The summed E-state index contributed by atoms with van der Waals surface area (Å²) in [6, 6.07) is 6.01. The number of aromatic nitrogens is 1. The highest BCUT2D eigenvalue weighted by Gasteiger charge is 2.16. The number of rotatable bonds is 4. The third-order valence-corrected chi connectivity index (χ3v) is 5.19. The third kappa shape index (κ3) is 4.05. The first-order valence-corrected chi connectivity index (χ1v) is 6.56. The van der Waals surface area contributed by atoms with Gasteiger partial charge in [0.1, 0.15) is 5.03 Å². The summed E-state index contributed by atoms with van der Waals surface area (Å²) in [4.78, 5) is 4.26. The fourth-order valence-electron chi connectivity index (χ4n) is 0.611. The fraction of sp³-hybridized carbons (Fsp3) is 0.500. The van der Waals surface area contributed by atoms with Gasteiger partial charge in [0.15, 0.2) is 0 Å². The van der Waals surface area contributed by atoms with E-state index in [1.807, 2.05) is 35.2 Å². The van der Waals surface area contributed by atoms with Crippen LogP contribution in [0.25, 0.3) is 0 Å². The maximum atomic E-state index is 4.26. The lowest BCUT2D eigenvalue weighted by Crippen LogP contribution is -2.10. The molecule has 0 unspecified atom stereocenters. The Morgan fingerprint density at radius 2 is 2.15 bits per heavy atom. The van der Waals surface area contributed by atoms with Crippen LogP contribution in [0.15, 0.2) is 29.4 Å². The van der Waals surface area contributed by atoms with E-state index in [1.165, 1.54) is 6.42 Å². The van der Waals surface area contributed by atoms with Crippen LogP contribution in [0.4, 0.5) is 0 Å². The molecule has 1 nitrogen and oxygen atoms in total. The lowest BCUT2D eigenvalue weighted by atomic mass is 10.1. The summed E-state index contributed by atoms with van der Waals surface area (Å²) in [6.45, 7) is 6.73. The second-order valence-electron chi connectivity index (χ2n) is 3.45. The van der Waals surface area contributed by atoms with Crippen molar-refractivity contribution in [3.8, 4) is 0 Å². The fourth-order valence-corrected chi connectivity index (χ4v) is 2.86. The van der Waals surface area contributed by atoms with Crippen LogP contribution < -0.4 is 0 Å². The van der Waals surface area contributed by atoms with Gasteiger partial charge in [0.2, 0.25) is 0 Å². The van der Waals surface area contributed by atoms with Gasteiger partial charge in [-0.1, -0.05) is 23.8 Å². The first-order valence-electron chi connectivity index (χ1n) is 4.41. The molecule has 0 spiro atoms. The summed E-state index contributed by atoms with van der Waals surface area (Å²) in [5.74, 6) is 0. The van der Waals surface area contributed by atoms with E-state index in [2.05, 4.69) is 25.8 Å². The molecule has 72 valence electrons. The standard InChI is InChI=1S/C10H15NS2/c1-4-10(2,3)13-12-9-7-5-6-8-11-9/h5-8H,4H2,1-3H3. The highest BCUT2D eigenvalue weighted by Crippen LogP contribution is 2.41. The quantitative estimate of drug-likeness (QED) is 0.701. The number of nitrogens with zero attached hydrogens (tertiary/aromatic N) is 1. The van der Waals surface area contributed by atoms with Crippen molar-refractivity contribution in [2.24, 2.45) is 0 Å². The zero-order valence-corrected chi connectivity index (χ0v) is 9.91. The van der Waals surface area contributed by atoms with Gasteiger partial charge in [-0.25, -0.2) is 4.98 Å². The van der Waals surface area contributed by atoms with Crippen molar-refractivity contribution in [1.29, 1.82) is 0 Å². The molecular weight excluding hydrogens is 198 g/mol. The lowest BCUT2D eigenvalue weighted by molar-refractivity contribution is 0.690. The first kappa shape index (κ1) is 10.9. The predicted molar refractivity (Wildman–Crippen MR) is 62.1 cm³/mol. The first-order chi connectivity index (χ1) is 6.14. The molecule has 0 atom stereocenters. The van der Waals surface area contributed by atoms with E-state index in [0.717, 1.165) is 5.03 Å². The van der Waals surface area contributed by atoms with E-state index in [1.54, 1.807) is 10.8 Å². The van der Waals surface area contributed by atoms with Crippen LogP contribution in [0.3, 0.4) is 0 Å². The molecule has 0 radical (unpaired) electrons. The number of pyridine rings is 1. The molecule has 1 rings (SSSR count). The van der Waals surface area contributed by atoms with Crippen molar-refractivity contribution < 1.29 is 0 Å². The van der Waals surface area contributed by atoms with Crippen molar-refractivity contribution in [2.75, 3.05) is 0 Å². The molecule has 0 N–H and O–H groups in total. The molecule has 0 fully saturated rings. The van der Waals surface area contributed by atoms with E-state index in [9.17, 15) is 0 Å². The Morgan fingerprint density at radius 3 is 2.69 bits per heavy atom. The summed E-state index contributed by atoms with van der Waals surface area (Å²) in [7, 11) is 3.64. The highest BCUT2D eigenvalue weighted by atomic mass is 33.1. The summed E-state index contributed by atoms with van der Waals surface area (Å²) >= 11 is 0. The van der Waals surface area contributed by atoms with Crippen molar-refractivity contribution >= 4 is 21.6 Å². The van der Waals surface area contributed by atoms with Gasteiger partial charge in [0.25, 0.3) is 0 Å². The average molecular weight is 213 g/mol. The molecule has 0 amide bonds. The van der Waals surface area contributed by atoms with Gasteiger partial charge >= 0.3 is 0 Å². The van der Waals surface area contributed by atoms with Gasteiger partial charge in [-0.15, -0.1) is 0 Å². The molecule has 1 aromatic heterocycles. The molecule has 0 aromatic carbocycles. The maximum Gasteiger partial charge on any atom is 0.106 e. The largest absolute Gasteiger partial charge is 0.249 e. The lowest BCUT2D eigenvalue weighted by Gasteiger charge is -2.20. The van der Waals surface area contributed by atoms with Gasteiger partial charge in [-0.3, -0.25) is 0 Å². The van der Waals surface area contributed by atoms with Crippen LogP contribution in [0.5, 0.6) is 0 Å². The summed E-state index contributed by atoms with van der Waals surface area (Å²) < 4.78 is 0.336. The van der Waals surface area contributed by atoms with Crippen LogP contribution in [-0.2, 0) is 0 Å². The predicted octanol–water partition coefficient (Wildman–Crippen LogP) is 4.01. The topological polar surface area (TPSA) is 12.9 Å². The molecule has 3 heteroatoms. The number of hydrogen-bond donors (Lipinski definition) is 0. The van der Waals surface area contributed by atoms with Crippen molar-refractivity contribution in [1.82, 2.24) is 4.98 Å². The second-order valence-corrected chi connectivity index (χ2v) is 6.30. The van der Waals surface area contributed by atoms with Gasteiger partial charge in [0, 0.05) is 10.9 Å². The van der Waals surface area contributed by atoms with Crippen LogP contribution in [-0.4, -0.2) is 9.73 Å². The van der Waals surface area contributed by atoms with Crippen molar-refractivity contribution in [2.45, 2.75) is 37.0 Å². The zero-order chi connectivity index (χ0) is 9.73. The summed E-state index contributed by atoms with van der Waals surface area (Å²) in [5.41, 5.74) is 0. The smallest absolute Gasteiger partial charge is 0.106 e. The molecule has 0 aliphatic heterocycles. The molecule has 0 saturated carbocycles. The summed E-state index contributed by atoms with van der Waals surface area (Å²) in [6.07, 6.45) is 3.01. The Bertz CT molecular complexity index is 246. The van der Waals surface area contributed by atoms with E-state index >= 15 is 0 Å². The zero-order valence-electron chi connectivity index (χ0n) is 8.28. The molecule has 1 aromatic rings. The van der Waals surface area contributed by atoms with E-state index in [4.69, 9.17) is 0 Å². The van der Waals surface area contributed by atoms with Crippen molar-refractivity contribution in [3.63, 3.8) is 0 Å². The Hall–Kier alpha value is -0.150. The average Bonchev–Trinajstić information content (AvgIpc) is 2.17. The van der Waals surface area contributed by atoms with Gasteiger partial charge in [-0.05, 0) is 43.2 Å². The Balaban J connectivity index is 2.44.